The average molecular weight is 345 g/mol. The van der Waals surface area contributed by atoms with E-state index < -0.39 is 5.54 Å². The number of rotatable bonds is 5. The van der Waals surface area contributed by atoms with Crippen molar-refractivity contribution >= 4 is 23.2 Å². The third-order valence-corrected chi connectivity index (χ3v) is 5.16. The lowest BCUT2D eigenvalue weighted by Gasteiger charge is -2.29. The van der Waals surface area contributed by atoms with E-state index in [0.29, 0.717) is 10.7 Å². The first kappa shape index (κ1) is 17.0. The molecule has 4 nitrogen and oxygen atoms in total. The van der Waals surface area contributed by atoms with E-state index in [4.69, 9.17) is 11.6 Å². The quantitative estimate of drug-likeness (QED) is 0.781. The first-order valence-corrected chi connectivity index (χ1v) is 8.43. The van der Waals surface area contributed by atoms with Crippen LogP contribution in [0.4, 0.5) is 5.69 Å². The molecule has 0 spiro atoms. The Labute approximate surface area is 146 Å². The molecular weight excluding hydrogens is 324 g/mol. The fourth-order valence-electron chi connectivity index (χ4n) is 3.28. The van der Waals surface area contributed by atoms with Gasteiger partial charge in [-0.15, -0.1) is 0 Å². The maximum absolute atomic E-state index is 12.3. The predicted octanol–water partition coefficient (Wildman–Crippen LogP) is 3.01. The van der Waals surface area contributed by atoms with Crippen molar-refractivity contribution in [1.82, 2.24) is 5.32 Å². The van der Waals surface area contributed by atoms with Gasteiger partial charge in [0.15, 0.2) is 0 Å². The van der Waals surface area contributed by atoms with Gasteiger partial charge in [0.2, 0.25) is 5.91 Å². The molecule has 2 aromatic rings. The summed E-state index contributed by atoms with van der Waals surface area (Å²) in [5, 5.41) is 16.7. The molecule has 0 aromatic heterocycles. The second-order valence-corrected chi connectivity index (χ2v) is 6.62. The van der Waals surface area contributed by atoms with Crippen molar-refractivity contribution in [2.24, 2.45) is 0 Å². The summed E-state index contributed by atoms with van der Waals surface area (Å²) in [5.41, 5.74) is 3.32. The number of anilines is 1. The number of halogens is 1. The molecule has 0 heterocycles. The molecule has 2 aromatic carbocycles. The Balaban J connectivity index is 1.69. The van der Waals surface area contributed by atoms with Gasteiger partial charge >= 0.3 is 0 Å². The molecular formula is C19H21ClN2O2. The molecule has 0 radical (unpaired) electrons. The third-order valence-electron chi connectivity index (χ3n) is 4.75. The monoisotopic (exact) mass is 344 g/mol. The zero-order valence-electron chi connectivity index (χ0n) is 13.6. The normalized spacial score (nSPS) is 19.1. The number of nitrogens with one attached hydrogen (secondary N) is 2. The largest absolute Gasteiger partial charge is 0.394 e. The van der Waals surface area contributed by atoms with E-state index in [1.165, 1.54) is 5.56 Å². The van der Waals surface area contributed by atoms with Crippen LogP contribution in [0.15, 0.2) is 42.5 Å². The molecule has 24 heavy (non-hydrogen) atoms. The van der Waals surface area contributed by atoms with Gasteiger partial charge in [-0.05, 0) is 48.6 Å². The Morgan fingerprint density at radius 2 is 2.04 bits per heavy atom. The fraction of sp³-hybridized carbons (Fsp3) is 0.316. The zero-order chi connectivity index (χ0) is 17.2. The minimum absolute atomic E-state index is 0.0342. The van der Waals surface area contributed by atoms with Crippen molar-refractivity contribution in [1.29, 1.82) is 0 Å². The molecule has 0 bridgehead atoms. The van der Waals surface area contributed by atoms with Crippen LogP contribution >= 0.6 is 11.6 Å². The molecule has 3 N–H and O–H groups in total. The van der Waals surface area contributed by atoms with E-state index in [0.717, 1.165) is 24.0 Å². The predicted molar refractivity (Wildman–Crippen MR) is 96.3 cm³/mol. The highest BCUT2D eigenvalue weighted by Gasteiger charge is 2.37. The first-order chi connectivity index (χ1) is 11.6. The number of aliphatic hydroxyl groups excluding tert-OH is 1. The van der Waals surface area contributed by atoms with Crippen LogP contribution in [0.1, 0.15) is 23.1 Å². The standard InChI is InChI=1S/C19H21ClN2O2/c1-13-16(20)7-4-8-17(13)22-18(24)11-21-19(12-23)10-9-14-5-2-3-6-15(14)19/h2-8,21,23H,9-12H2,1H3,(H,22,24). The Hall–Kier alpha value is -1.88. The molecule has 0 saturated heterocycles. The molecule has 1 atom stereocenters. The molecule has 1 unspecified atom stereocenters. The summed E-state index contributed by atoms with van der Waals surface area (Å²) in [6, 6.07) is 13.5. The highest BCUT2D eigenvalue weighted by atomic mass is 35.5. The molecule has 3 rings (SSSR count). The number of benzene rings is 2. The number of aliphatic hydroxyl groups is 1. The Bertz CT molecular complexity index is 763. The molecule has 0 aliphatic heterocycles. The van der Waals surface area contributed by atoms with Crippen LogP contribution in [0, 0.1) is 6.92 Å². The van der Waals surface area contributed by atoms with E-state index in [1.54, 1.807) is 12.1 Å². The summed E-state index contributed by atoms with van der Waals surface area (Å²) in [6.45, 7) is 1.96. The van der Waals surface area contributed by atoms with Gasteiger partial charge in [0.05, 0.1) is 18.7 Å². The van der Waals surface area contributed by atoms with Crippen LogP contribution < -0.4 is 10.6 Å². The van der Waals surface area contributed by atoms with Gasteiger partial charge in [0.1, 0.15) is 0 Å². The average Bonchev–Trinajstić information content (AvgIpc) is 2.97. The van der Waals surface area contributed by atoms with Gasteiger partial charge in [-0.25, -0.2) is 0 Å². The second kappa shape index (κ2) is 6.93. The SMILES string of the molecule is Cc1c(Cl)cccc1NC(=O)CNC1(CO)CCc2ccccc21. The molecule has 0 fully saturated rings. The summed E-state index contributed by atoms with van der Waals surface area (Å²) in [6.07, 6.45) is 1.69. The first-order valence-electron chi connectivity index (χ1n) is 8.05. The molecule has 0 saturated carbocycles. The summed E-state index contributed by atoms with van der Waals surface area (Å²) in [7, 11) is 0. The number of hydrogen-bond donors (Lipinski definition) is 3. The molecule has 1 aliphatic carbocycles. The Kier molecular flexibility index (Phi) is 4.90. The lowest BCUT2D eigenvalue weighted by molar-refractivity contribution is -0.115. The van der Waals surface area contributed by atoms with E-state index >= 15 is 0 Å². The van der Waals surface area contributed by atoms with Crippen LogP contribution in [0.2, 0.25) is 5.02 Å². The number of hydrogen-bond acceptors (Lipinski definition) is 3. The van der Waals surface area contributed by atoms with Crippen LogP contribution in [-0.2, 0) is 16.8 Å². The maximum Gasteiger partial charge on any atom is 0.238 e. The second-order valence-electron chi connectivity index (χ2n) is 6.21. The van der Waals surface area contributed by atoms with Gasteiger partial charge in [-0.3, -0.25) is 10.1 Å². The number of carbonyl (C=O) groups excluding carboxylic acids is 1. The van der Waals surface area contributed by atoms with Crippen LogP contribution in [0.5, 0.6) is 0 Å². The smallest absolute Gasteiger partial charge is 0.238 e. The number of aryl methyl sites for hydroxylation is 1. The van der Waals surface area contributed by atoms with Crippen LogP contribution in [0.3, 0.4) is 0 Å². The third kappa shape index (κ3) is 3.18. The van der Waals surface area contributed by atoms with Crippen molar-refractivity contribution in [2.45, 2.75) is 25.3 Å². The molecule has 5 heteroatoms. The van der Waals surface area contributed by atoms with Gasteiger partial charge in [-0.2, -0.15) is 0 Å². The highest BCUT2D eigenvalue weighted by Crippen LogP contribution is 2.36. The molecule has 1 amide bonds. The van der Waals surface area contributed by atoms with Crippen molar-refractivity contribution in [3.63, 3.8) is 0 Å². The summed E-state index contributed by atoms with van der Waals surface area (Å²) < 4.78 is 0. The summed E-state index contributed by atoms with van der Waals surface area (Å²) >= 11 is 6.08. The fourth-order valence-corrected chi connectivity index (χ4v) is 3.45. The minimum atomic E-state index is -0.544. The van der Waals surface area contributed by atoms with E-state index in [9.17, 15) is 9.90 Å². The molecule has 1 aliphatic rings. The van der Waals surface area contributed by atoms with Crippen molar-refractivity contribution in [2.75, 3.05) is 18.5 Å². The lowest BCUT2D eigenvalue weighted by Crippen LogP contribution is -2.47. The number of fused-ring (bicyclic) bond motifs is 1. The summed E-state index contributed by atoms with van der Waals surface area (Å²) in [4.78, 5) is 12.3. The van der Waals surface area contributed by atoms with Gasteiger partial charge in [-0.1, -0.05) is 41.9 Å². The summed E-state index contributed by atoms with van der Waals surface area (Å²) in [5.74, 6) is -0.155. The van der Waals surface area contributed by atoms with Gasteiger partial charge < -0.3 is 10.4 Å². The minimum Gasteiger partial charge on any atom is -0.394 e. The topological polar surface area (TPSA) is 61.4 Å². The highest BCUT2D eigenvalue weighted by molar-refractivity contribution is 6.31. The Morgan fingerprint density at radius 1 is 1.25 bits per heavy atom. The maximum atomic E-state index is 12.3. The van der Waals surface area contributed by atoms with Crippen molar-refractivity contribution in [3.8, 4) is 0 Å². The Morgan fingerprint density at radius 3 is 2.83 bits per heavy atom. The van der Waals surface area contributed by atoms with Crippen molar-refractivity contribution < 1.29 is 9.90 Å². The van der Waals surface area contributed by atoms with Crippen LogP contribution in [-0.4, -0.2) is 24.2 Å². The van der Waals surface area contributed by atoms with Gasteiger partial charge in [0, 0.05) is 10.7 Å². The van der Waals surface area contributed by atoms with Crippen molar-refractivity contribution in [3.05, 3.63) is 64.2 Å². The zero-order valence-corrected chi connectivity index (χ0v) is 14.4. The van der Waals surface area contributed by atoms with E-state index in [1.807, 2.05) is 31.2 Å². The molecule has 126 valence electrons. The lowest BCUT2D eigenvalue weighted by atomic mass is 9.92. The van der Waals surface area contributed by atoms with E-state index in [2.05, 4.69) is 16.7 Å². The van der Waals surface area contributed by atoms with Crippen LogP contribution in [0.25, 0.3) is 0 Å². The van der Waals surface area contributed by atoms with E-state index in [-0.39, 0.29) is 19.1 Å². The van der Waals surface area contributed by atoms with Gasteiger partial charge in [0.25, 0.3) is 0 Å². The number of amides is 1. The number of carbonyl (C=O) groups is 1.